The molecule has 0 aromatic carbocycles. The number of amides is 1. The Morgan fingerprint density at radius 1 is 1.40 bits per heavy atom. The van der Waals surface area contributed by atoms with Gasteiger partial charge in [-0.3, -0.25) is 10.0 Å². The molecule has 8 nitrogen and oxygen atoms in total. The van der Waals surface area contributed by atoms with Gasteiger partial charge in [-0.05, 0) is 12.1 Å². The van der Waals surface area contributed by atoms with Gasteiger partial charge in [0.2, 0.25) is 0 Å². The van der Waals surface area contributed by atoms with Crippen molar-refractivity contribution in [2.45, 2.75) is 0 Å². The number of hydrogen-bond acceptors (Lipinski definition) is 7. The molecule has 2 heterocycles. The largest absolute Gasteiger partial charge is 0.396 e. The fourth-order valence-corrected chi connectivity index (χ4v) is 1.36. The van der Waals surface area contributed by atoms with Crippen LogP contribution in [0.15, 0.2) is 28.9 Å². The minimum Gasteiger partial charge on any atom is -0.396 e. The van der Waals surface area contributed by atoms with Crippen molar-refractivity contribution >= 4 is 17.6 Å². The molecule has 0 aliphatic carbocycles. The molecule has 0 saturated heterocycles. The molecule has 0 radical (unpaired) electrons. The molecule has 1 amide bonds. The molecule has 2 aromatic rings. The van der Waals surface area contributed by atoms with Gasteiger partial charge < -0.3 is 14.8 Å². The third-order valence-electron chi connectivity index (χ3n) is 2.26. The lowest BCUT2D eigenvalue weighted by Gasteiger charge is -2.12. The lowest BCUT2D eigenvalue weighted by Crippen LogP contribution is -2.30. The molecule has 0 atom stereocenters. The number of oxazole rings is 1. The van der Waals surface area contributed by atoms with Gasteiger partial charge in [0, 0.05) is 0 Å². The van der Waals surface area contributed by atoms with Gasteiger partial charge in [0.15, 0.2) is 0 Å². The van der Waals surface area contributed by atoms with Crippen molar-refractivity contribution in [3.63, 3.8) is 0 Å². The standard InChI is InChI=1S/C11H11FN4O4/c12-9-6-14-11(20-9)15-7-1-2-8(13-5-7)10(18)16(19)3-4-17/h1-2,5-6,17,19H,3-4H2,(H,14,15). The van der Waals surface area contributed by atoms with Crippen LogP contribution in [0.1, 0.15) is 10.5 Å². The predicted octanol–water partition coefficient (Wildman–Crippen LogP) is 0.776. The summed E-state index contributed by atoms with van der Waals surface area (Å²) in [5.41, 5.74) is 0.417. The van der Waals surface area contributed by atoms with Gasteiger partial charge in [-0.15, -0.1) is 0 Å². The first-order chi connectivity index (χ1) is 9.60. The Morgan fingerprint density at radius 2 is 2.20 bits per heavy atom. The molecule has 106 valence electrons. The van der Waals surface area contributed by atoms with Gasteiger partial charge in [0.05, 0.1) is 25.0 Å². The minimum absolute atomic E-state index is 0.00918. The summed E-state index contributed by atoms with van der Waals surface area (Å²) in [6.45, 7) is -0.576. The van der Waals surface area contributed by atoms with Crippen molar-refractivity contribution in [1.82, 2.24) is 15.0 Å². The van der Waals surface area contributed by atoms with E-state index in [4.69, 9.17) is 5.11 Å². The van der Waals surface area contributed by atoms with E-state index >= 15 is 0 Å². The molecule has 9 heteroatoms. The molecular formula is C11H11FN4O4. The smallest absolute Gasteiger partial charge is 0.301 e. The van der Waals surface area contributed by atoms with Gasteiger partial charge in [-0.1, -0.05) is 0 Å². The van der Waals surface area contributed by atoms with Crippen LogP contribution in [0.2, 0.25) is 0 Å². The topological polar surface area (TPSA) is 112 Å². The number of rotatable bonds is 5. The van der Waals surface area contributed by atoms with Crippen molar-refractivity contribution in [3.05, 3.63) is 36.2 Å². The molecular weight excluding hydrogens is 271 g/mol. The summed E-state index contributed by atoms with van der Waals surface area (Å²) in [6, 6.07) is 1.96. The van der Waals surface area contributed by atoms with Crippen molar-refractivity contribution in [1.29, 1.82) is 0 Å². The molecule has 0 aliphatic heterocycles. The van der Waals surface area contributed by atoms with Crippen molar-refractivity contribution in [3.8, 4) is 0 Å². The number of pyridine rings is 1. The third-order valence-corrected chi connectivity index (χ3v) is 2.26. The molecule has 0 unspecified atom stereocenters. The maximum atomic E-state index is 12.6. The van der Waals surface area contributed by atoms with Crippen LogP contribution in [0.3, 0.4) is 0 Å². The first-order valence-corrected chi connectivity index (χ1v) is 5.56. The van der Waals surface area contributed by atoms with E-state index in [1.165, 1.54) is 18.3 Å². The first-order valence-electron chi connectivity index (χ1n) is 5.56. The zero-order chi connectivity index (χ0) is 14.5. The molecule has 3 N–H and O–H groups in total. The summed E-state index contributed by atoms with van der Waals surface area (Å²) < 4.78 is 17.2. The zero-order valence-electron chi connectivity index (χ0n) is 10.2. The molecule has 0 saturated carbocycles. The number of halogens is 1. The van der Waals surface area contributed by atoms with Gasteiger partial charge in [-0.25, -0.2) is 10.0 Å². The number of nitrogens with one attached hydrogen (secondary N) is 1. The summed E-state index contributed by atoms with van der Waals surface area (Å²) in [4.78, 5) is 19.0. The fraction of sp³-hybridized carbons (Fsp3) is 0.182. The van der Waals surface area contributed by atoms with Crippen LogP contribution < -0.4 is 5.32 Å². The van der Waals surface area contributed by atoms with Crippen LogP contribution in [0, 0.1) is 6.01 Å². The van der Waals surface area contributed by atoms with Crippen LogP contribution in [-0.4, -0.2) is 44.4 Å². The van der Waals surface area contributed by atoms with E-state index < -0.39 is 11.9 Å². The predicted molar refractivity (Wildman–Crippen MR) is 63.9 cm³/mol. The fourth-order valence-electron chi connectivity index (χ4n) is 1.36. The average Bonchev–Trinajstić information content (AvgIpc) is 2.84. The van der Waals surface area contributed by atoms with E-state index in [2.05, 4.69) is 19.7 Å². The second kappa shape index (κ2) is 6.08. The SMILES string of the molecule is O=C(c1ccc(Nc2ncc(F)o2)cn1)N(O)CCO. The molecule has 20 heavy (non-hydrogen) atoms. The van der Waals surface area contributed by atoms with E-state index in [0.29, 0.717) is 10.8 Å². The number of carbonyl (C=O) groups is 1. The number of aliphatic hydroxyl groups excluding tert-OH is 1. The van der Waals surface area contributed by atoms with Gasteiger partial charge in [0.25, 0.3) is 11.9 Å². The summed E-state index contributed by atoms with van der Waals surface area (Å²) in [5, 5.41) is 20.9. The van der Waals surface area contributed by atoms with Gasteiger partial charge >= 0.3 is 6.01 Å². The van der Waals surface area contributed by atoms with Crippen LogP contribution in [0.25, 0.3) is 0 Å². The Kier molecular flexibility index (Phi) is 4.23. The van der Waals surface area contributed by atoms with Gasteiger partial charge in [-0.2, -0.15) is 9.37 Å². The van der Waals surface area contributed by atoms with E-state index in [1.54, 1.807) is 0 Å². The van der Waals surface area contributed by atoms with E-state index in [1.807, 2.05) is 0 Å². The van der Waals surface area contributed by atoms with Crippen molar-refractivity contribution in [2.24, 2.45) is 0 Å². The van der Waals surface area contributed by atoms with Crippen LogP contribution in [0.5, 0.6) is 0 Å². The number of anilines is 2. The van der Waals surface area contributed by atoms with Crippen LogP contribution in [-0.2, 0) is 0 Å². The van der Waals surface area contributed by atoms with E-state index in [0.717, 1.165) is 6.20 Å². The lowest BCUT2D eigenvalue weighted by molar-refractivity contribution is -0.0657. The van der Waals surface area contributed by atoms with E-state index in [9.17, 15) is 14.4 Å². The monoisotopic (exact) mass is 282 g/mol. The summed E-state index contributed by atoms with van der Waals surface area (Å²) >= 11 is 0. The normalized spacial score (nSPS) is 10.3. The first kappa shape index (κ1) is 13.9. The Bertz CT molecular complexity index is 586. The molecule has 0 spiro atoms. The second-order valence-electron chi connectivity index (χ2n) is 3.68. The molecule has 0 fully saturated rings. The van der Waals surface area contributed by atoms with Crippen molar-refractivity contribution < 1.29 is 23.9 Å². The number of aromatic nitrogens is 2. The molecule has 0 bridgehead atoms. The maximum Gasteiger partial charge on any atom is 0.301 e. The molecule has 2 aromatic heterocycles. The lowest BCUT2D eigenvalue weighted by atomic mass is 10.3. The van der Waals surface area contributed by atoms with Gasteiger partial charge in [0.1, 0.15) is 11.9 Å². The third kappa shape index (κ3) is 3.28. The number of hydrogen-bond donors (Lipinski definition) is 3. The maximum absolute atomic E-state index is 12.6. The number of carbonyl (C=O) groups excluding carboxylic acids is 1. The quantitative estimate of drug-likeness (QED) is 0.548. The Balaban J connectivity index is 2.04. The zero-order valence-corrected chi connectivity index (χ0v) is 10.2. The Morgan fingerprint density at radius 3 is 2.75 bits per heavy atom. The number of nitrogens with zero attached hydrogens (tertiary/aromatic N) is 3. The minimum atomic E-state index is -0.827. The van der Waals surface area contributed by atoms with E-state index in [-0.39, 0.29) is 24.9 Å². The highest BCUT2D eigenvalue weighted by molar-refractivity contribution is 5.91. The highest BCUT2D eigenvalue weighted by atomic mass is 19.1. The molecule has 0 aliphatic rings. The second-order valence-corrected chi connectivity index (χ2v) is 3.68. The highest BCUT2D eigenvalue weighted by Crippen LogP contribution is 2.15. The Hall–Kier alpha value is -2.52. The summed E-state index contributed by atoms with van der Waals surface area (Å²) in [5.74, 6) is -0.743. The number of aliphatic hydroxyl groups is 1. The number of hydroxylamine groups is 2. The van der Waals surface area contributed by atoms with Crippen molar-refractivity contribution in [2.75, 3.05) is 18.5 Å². The van der Waals surface area contributed by atoms with Crippen LogP contribution >= 0.6 is 0 Å². The Labute approximate surface area is 112 Å². The molecule has 2 rings (SSSR count). The average molecular weight is 282 g/mol. The van der Waals surface area contributed by atoms with Crippen LogP contribution in [0.4, 0.5) is 16.1 Å². The summed E-state index contributed by atoms with van der Waals surface area (Å²) in [6.07, 6.45) is 2.20. The summed E-state index contributed by atoms with van der Waals surface area (Å²) in [7, 11) is 0. The highest BCUT2D eigenvalue weighted by Gasteiger charge is 2.14.